The molecule has 0 bridgehead atoms. The zero-order chi connectivity index (χ0) is 13.7. The molecular weight excluding hydrogens is 264 g/mol. The van der Waals surface area contributed by atoms with Crippen LogP contribution in [-0.2, 0) is 22.3 Å². The minimum absolute atomic E-state index is 0.101. The van der Waals surface area contributed by atoms with Crippen molar-refractivity contribution in [2.24, 2.45) is 0 Å². The van der Waals surface area contributed by atoms with Gasteiger partial charge >= 0.3 is 0 Å². The fraction of sp³-hybridized carbons (Fsp3) is 0.154. The van der Waals surface area contributed by atoms with E-state index in [1.54, 1.807) is 36.4 Å². The molecule has 0 amide bonds. The highest BCUT2D eigenvalue weighted by Crippen LogP contribution is 2.11. The van der Waals surface area contributed by atoms with Crippen LogP contribution in [0.15, 0.2) is 47.1 Å². The lowest BCUT2D eigenvalue weighted by Crippen LogP contribution is -2.24. The summed E-state index contributed by atoms with van der Waals surface area (Å²) < 4.78 is 31.3. The van der Waals surface area contributed by atoms with E-state index in [1.165, 1.54) is 6.26 Å². The molecule has 0 fully saturated rings. The van der Waals surface area contributed by atoms with Gasteiger partial charge in [-0.2, -0.15) is 5.26 Å². The van der Waals surface area contributed by atoms with Crippen LogP contribution < -0.4 is 4.72 Å². The molecule has 2 rings (SSSR count). The first-order chi connectivity index (χ1) is 9.11. The predicted molar refractivity (Wildman–Crippen MR) is 69.3 cm³/mol. The minimum Gasteiger partial charge on any atom is -0.468 e. The second-order valence-electron chi connectivity index (χ2n) is 3.93. The summed E-state index contributed by atoms with van der Waals surface area (Å²) in [6.07, 6.45) is 1.48. The minimum atomic E-state index is -3.50. The van der Waals surface area contributed by atoms with E-state index in [2.05, 4.69) is 4.72 Å². The molecule has 0 saturated carbocycles. The molecule has 0 atom stereocenters. The van der Waals surface area contributed by atoms with Gasteiger partial charge in [-0.15, -0.1) is 0 Å². The molecule has 0 saturated heterocycles. The summed E-state index contributed by atoms with van der Waals surface area (Å²) in [5.74, 6) is 0.314. The largest absolute Gasteiger partial charge is 0.468 e. The van der Waals surface area contributed by atoms with Gasteiger partial charge in [0.2, 0.25) is 10.0 Å². The van der Waals surface area contributed by atoms with Gasteiger partial charge in [-0.3, -0.25) is 0 Å². The maximum Gasteiger partial charge on any atom is 0.216 e. The molecule has 6 heteroatoms. The Balaban J connectivity index is 2.07. The Kier molecular flexibility index (Phi) is 4.00. The SMILES string of the molecule is N#Cc1ccccc1CS(=O)(=O)NCc1ccco1. The molecule has 1 N–H and O–H groups in total. The summed E-state index contributed by atoms with van der Waals surface area (Å²) >= 11 is 0. The Labute approximate surface area is 111 Å². The Morgan fingerprint density at radius 1 is 1.21 bits per heavy atom. The van der Waals surface area contributed by atoms with Gasteiger partial charge in [0.05, 0.1) is 30.2 Å². The quantitative estimate of drug-likeness (QED) is 0.902. The van der Waals surface area contributed by atoms with Crippen molar-refractivity contribution in [3.63, 3.8) is 0 Å². The highest BCUT2D eigenvalue weighted by Gasteiger charge is 2.14. The maximum atomic E-state index is 11.9. The highest BCUT2D eigenvalue weighted by atomic mass is 32.2. The van der Waals surface area contributed by atoms with E-state index in [1.807, 2.05) is 6.07 Å². The number of hydrogen-bond acceptors (Lipinski definition) is 4. The summed E-state index contributed by atoms with van der Waals surface area (Å²) in [7, 11) is -3.50. The smallest absolute Gasteiger partial charge is 0.216 e. The van der Waals surface area contributed by atoms with Gasteiger partial charge in [0.25, 0.3) is 0 Å². The first kappa shape index (κ1) is 13.3. The number of nitriles is 1. The fourth-order valence-corrected chi connectivity index (χ4v) is 2.73. The lowest BCUT2D eigenvalue weighted by molar-refractivity contribution is 0.498. The molecular formula is C13H12N2O3S. The standard InChI is InChI=1S/C13H12N2O3S/c14-8-11-4-1-2-5-12(11)10-19(16,17)15-9-13-6-3-7-18-13/h1-7,15H,9-10H2. The third-order valence-electron chi connectivity index (χ3n) is 2.53. The average molecular weight is 276 g/mol. The van der Waals surface area contributed by atoms with Gasteiger partial charge in [-0.1, -0.05) is 18.2 Å². The fourth-order valence-electron chi connectivity index (χ4n) is 1.61. The van der Waals surface area contributed by atoms with Crippen LogP contribution in [0.1, 0.15) is 16.9 Å². The normalized spacial score (nSPS) is 11.1. The number of nitrogens with one attached hydrogen (secondary N) is 1. The molecule has 0 spiro atoms. The van der Waals surface area contributed by atoms with E-state index < -0.39 is 10.0 Å². The Morgan fingerprint density at radius 2 is 2.00 bits per heavy atom. The van der Waals surface area contributed by atoms with E-state index in [0.717, 1.165) is 0 Å². The summed E-state index contributed by atoms with van der Waals surface area (Å²) in [6, 6.07) is 12.0. The third-order valence-corrected chi connectivity index (χ3v) is 3.80. The lowest BCUT2D eigenvalue weighted by Gasteiger charge is -2.06. The molecule has 0 aliphatic carbocycles. The van der Waals surface area contributed by atoms with Crippen molar-refractivity contribution in [2.45, 2.75) is 12.3 Å². The zero-order valence-electron chi connectivity index (χ0n) is 10.0. The summed E-state index contributed by atoms with van der Waals surface area (Å²) in [5.41, 5.74) is 0.850. The molecule has 0 radical (unpaired) electrons. The van der Waals surface area contributed by atoms with Crippen molar-refractivity contribution >= 4 is 10.0 Å². The van der Waals surface area contributed by atoms with Crippen LogP contribution in [0, 0.1) is 11.3 Å². The highest BCUT2D eigenvalue weighted by molar-refractivity contribution is 7.88. The molecule has 5 nitrogen and oxygen atoms in total. The van der Waals surface area contributed by atoms with Crippen LogP contribution in [0.25, 0.3) is 0 Å². The number of sulfonamides is 1. The van der Waals surface area contributed by atoms with Crippen molar-refractivity contribution < 1.29 is 12.8 Å². The molecule has 19 heavy (non-hydrogen) atoms. The predicted octanol–water partition coefficient (Wildman–Crippen LogP) is 1.77. The van der Waals surface area contributed by atoms with Crippen LogP contribution in [0.5, 0.6) is 0 Å². The van der Waals surface area contributed by atoms with Crippen molar-refractivity contribution in [3.8, 4) is 6.07 Å². The number of benzene rings is 1. The van der Waals surface area contributed by atoms with E-state index >= 15 is 0 Å². The Hall–Kier alpha value is -2.10. The summed E-state index contributed by atoms with van der Waals surface area (Å²) in [6.45, 7) is 0.101. The van der Waals surface area contributed by atoms with Gasteiger partial charge in [-0.05, 0) is 23.8 Å². The van der Waals surface area contributed by atoms with E-state index in [9.17, 15) is 8.42 Å². The average Bonchev–Trinajstić information content (AvgIpc) is 2.90. The number of nitrogens with zero attached hydrogens (tertiary/aromatic N) is 1. The molecule has 2 aromatic rings. The molecule has 1 aromatic heterocycles. The Morgan fingerprint density at radius 3 is 2.68 bits per heavy atom. The second kappa shape index (κ2) is 5.69. The van der Waals surface area contributed by atoms with Gasteiger partial charge < -0.3 is 4.42 Å². The molecule has 0 aliphatic heterocycles. The van der Waals surface area contributed by atoms with Crippen LogP contribution >= 0.6 is 0 Å². The third kappa shape index (κ3) is 3.68. The van der Waals surface area contributed by atoms with Crippen molar-refractivity contribution in [1.29, 1.82) is 5.26 Å². The number of rotatable bonds is 5. The van der Waals surface area contributed by atoms with Gasteiger partial charge in [-0.25, -0.2) is 13.1 Å². The van der Waals surface area contributed by atoms with Crippen LogP contribution in [0.4, 0.5) is 0 Å². The van der Waals surface area contributed by atoms with Gasteiger partial charge in [0, 0.05) is 0 Å². The van der Waals surface area contributed by atoms with Gasteiger partial charge in [0.15, 0.2) is 0 Å². The first-order valence-corrected chi connectivity index (χ1v) is 7.24. The summed E-state index contributed by atoms with van der Waals surface area (Å²) in [5, 5.41) is 8.92. The zero-order valence-corrected chi connectivity index (χ0v) is 10.9. The van der Waals surface area contributed by atoms with E-state index in [-0.39, 0.29) is 12.3 Å². The molecule has 98 valence electrons. The second-order valence-corrected chi connectivity index (χ2v) is 5.74. The van der Waals surface area contributed by atoms with Crippen molar-refractivity contribution in [3.05, 3.63) is 59.5 Å². The molecule has 1 heterocycles. The van der Waals surface area contributed by atoms with Crippen molar-refractivity contribution in [1.82, 2.24) is 4.72 Å². The number of furan rings is 1. The molecule has 0 aliphatic rings. The number of hydrogen-bond donors (Lipinski definition) is 1. The van der Waals surface area contributed by atoms with Crippen LogP contribution in [0.3, 0.4) is 0 Å². The van der Waals surface area contributed by atoms with Crippen molar-refractivity contribution in [2.75, 3.05) is 0 Å². The maximum absolute atomic E-state index is 11.9. The lowest BCUT2D eigenvalue weighted by atomic mass is 10.1. The Bertz CT molecular complexity index is 685. The summed E-state index contributed by atoms with van der Waals surface area (Å²) in [4.78, 5) is 0. The topological polar surface area (TPSA) is 83.1 Å². The van der Waals surface area contributed by atoms with Crippen LogP contribution in [0.2, 0.25) is 0 Å². The molecule has 1 aromatic carbocycles. The van der Waals surface area contributed by atoms with Gasteiger partial charge in [0.1, 0.15) is 5.76 Å². The monoisotopic (exact) mass is 276 g/mol. The van der Waals surface area contributed by atoms with Crippen LogP contribution in [-0.4, -0.2) is 8.42 Å². The van der Waals surface area contributed by atoms with E-state index in [4.69, 9.17) is 9.68 Å². The molecule has 0 unspecified atom stereocenters. The van der Waals surface area contributed by atoms with E-state index in [0.29, 0.717) is 16.9 Å². The first-order valence-electron chi connectivity index (χ1n) is 5.58.